The molecule has 1 fully saturated rings. The molecule has 0 spiro atoms. The number of aryl methyl sites for hydroxylation is 2. The topological polar surface area (TPSA) is 204 Å². The van der Waals surface area contributed by atoms with Crippen LogP contribution in [-0.4, -0.2) is 139 Å². The van der Waals surface area contributed by atoms with E-state index in [1.54, 1.807) is 0 Å². The average molecular weight is 813 g/mol. The molecule has 58 heavy (non-hydrogen) atoms. The van der Waals surface area contributed by atoms with Gasteiger partial charge in [0.2, 0.25) is 23.6 Å². The minimum atomic E-state index is -0.503. The Morgan fingerprint density at radius 1 is 0.707 bits per heavy atom. The van der Waals surface area contributed by atoms with E-state index in [1.807, 2.05) is 79.1 Å². The van der Waals surface area contributed by atoms with Crippen molar-refractivity contribution in [2.45, 2.75) is 38.3 Å². The summed E-state index contributed by atoms with van der Waals surface area (Å²) in [7, 11) is 0. The molecule has 16 heteroatoms. The number of anilines is 2. The summed E-state index contributed by atoms with van der Waals surface area (Å²) >= 11 is 5.60. The highest BCUT2D eigenvalue weighted by Crippen LogP contribution is 2.29. The first kappa shape index (κ1) is 43.9. The van der Waals surface area contributed by atoms with Gasteiger partial charge in [-0.2, -0.15) is 0 Å². The summed E-state index contributed by atoms with van der Waals surface area (Å²) < 4.78 is 0. The second kappa shape index (κ2) is 22.0. The molecule has 2 heterocycles. The van der Waals surface area contributed by atoms with E-state index in [1.165, 1.54) is 5.56 Å². The van der Waals surface area contributed by atoms with Crippen molar-refractivity contribution in [2.24, 2.45) is 17.2 Å². The number of nitrogens with two attached hydrogens (primary N) is 3. The van der Waals surface area contributed by atoms with Crippen molar-refractivity contribution in [3.05, 3.63) is 95.1 Å². The van der Waals surface area contributed by atoms with Crippen LogP contribution in [0.5, 0.6) is 0 Å². The molecule has 0 radical (unpaired) electrons. The van der Waals surface area contributed by atoms with Crippen LogP contribution in [0.15, 0.2) is 72.8 Å². The monoisotopic (exact) mass is 812 g/mol. The molecule has 0 bridgehead atoms. The zero-order valence-corrected chi connectivity index (χ0v) is 33.8. The van der Waals surface area contributed by atoms with Gasteiger partial charge in [-0.3, -0.25) is 38.8 Å². The van der Waals surface area contributed by atoms with Crippen LogP contribution in [0.2, 0.25) is 0 Å². The van der Waals surface area contributed by atoms with E-state index < -0.39 is 17.7 Å². The number of hydrogen-bond donors (Lipinski definition) is 5. The van der Waals surface area contributed by atoms with Gasteiger partial charge in [-0.05, 0) is 71.9 Å². The third kappa shape index (κ3) is 13.7. The molecule has 3 aromatic rings. The number of amides is 4. The number of hydrogen-bond acceptors (Lipinski definition) is 10. The number of thiocarbonyl (C=S) groups is 1. The van der Waals surface area contributed by atoms with Gasteiger partial charge in [0, 0.05) is 76.2 Å². The van der Waals surface area contributed by atoms with Gasteiger partial charge in [0.1, 0.15) is 6.29 Å². The van der Waals surface area contributed by atoms with E-state index in [0.717, 1.165) is 47.2 Å². The quantitative estimate of drug-likeness (QED) is 0.112. The van der Waals surface area contributed by atoms with Crippen molar-refractivity contribution in [3.8, 4) is 0 Å². The van der Waals surface area contributed by atoms with E-state index in [0.29, 0.717) is 70.4 Å². The molecule has 0 aromatic heterocycles. The minimum Gasteiger partial charge on any atom is -0.369 e. The van der Waals surface area contributed by atoms with Crippen molar-refractivity contribution in [1.29, 1.82) is 0 Å². The molecule has 310 valence electrons. The van der Waals surface area contributed by atoms with Crippen LogP contribution in [0, 0.1) is 0 Å². The maximum absolute atomic E-state index is 13.7. The first-order valence-corrected chi connectivity index (χ1v) is 20.2. The van der Waals surface area contributed by atoms with Crippen molar-refractivity contribution in [2.75, 3.05) is 88.8 Å². The van der Waals surface area contributed by atoms with E-state index in [2.05, 4.69) is 28.8 Å². The molecule has 5 rings (SSSR count). The van der Waals surface area contributed by atoms with Gasteiger partial charge in [-0.15, -0.1) is 0 Å². The zero-order chi connectivity index (χ0) is 41.4. The Morgan fingerprint density at radius 2 is 1.29 bits per heavy atom. The molecule has 1 unspecified atom stereocenters. The van der Waals surface area contributed by atoms with Crippen LogP contribution in [0.4, 0.5) is 11.4 Å². The van der Waals surface area contributed by atoms with Crippen LogP contribution in [-0.2, 0) is 49.8 Å². The second-order valence-corrected chi connectivity index (χ2v) is 15.3. The standard InChI is InChI=1S/C42H56N10O5S/c43-38(54)28-49-19-17-48(23-24-53)18-20-50(29-39(44)55)27-36(51(22-21-49)30-40(45)56)25-31-9-13-35(14-10-31)47-42(58)46-16-15-41(57)52-26-34-7-2-1-5-32(34)11-12-33-6-3-4-8-37(33)52/h1-10,13-14,24,36H,11-12,15-23,25-30H2,(H2,43,54)(H2,44,55)(H2,45,56)(H2,46,47,58). The Balaban J connectivity index is 1.23. The highest BCUT2D eigenvalue weighted by atomic mass is 32.1. The van der Waals surface area contributed by atoms with Crippen LogP contribution in [0.3, 0.4) is 0 Å². The van der Waals surface area contributed by atoms with E-state index in [4.69, 9.17) is 29.4 Å². The summed E-state index contributed by atoms with van der Waals surface area (Å²) in [4.78, 5) is 71.2. The molecule has 2 aliphatic rings. The lowest BCUT2D eigenvalue weighted by Gasteiger charge is -2.38. The molecule has 0 saturated carbocycles. The van der Waals surface area contributed by atoms with Crippen molar-refractivity contribution >= 4 is 58.6 Å². The third-order valence-corrected chi connectivity index (χ3v) is 10.9. The molecule has 0 aliphatic carbocycles. The molecular formula is C42H56N10O5S. The van der Waals surface area contributed by atoms with E-state index in [9.17, 15) is 24.0 Å². The third-order valence-electron chi connectivity index (χ3n) is 10.6. The Labute approximate surface area is 345 Å². The van der Waals surface area contributed by atoms with Crippen LogP contribution in [0.25, 0.3) is 0 Å². The fourth-order valence-electron chi connectivity index (χ4n) is 7.66. The van der Waals surface area contributed by atoms with Crippen LogP contribution in [0.1, 0.15) is 28.7 Å². The molecule has 8 N–H and O–H groups in total. The van der Waals surface area contributed by atoms with Crippen molar-refractivity contribution in [1.82, 2.24) is 24.9 Å². The number of carbonyl (C=O) groups is 5. The highest BCUT2D eigenvalue weighted by Gasteiger charge is 2.27. The fourth-order valence-corrected chi connectivity index (χ4v) is 7.88. The largest absolute Gasteiger partial charge is 0.369 e. The summed E-state index contributed by atoms with van der Waals surface area (Å²) in [5, 5.41) is 6.78. The molecule has 2 aliphatic heterocycles. The molecule has 1 atom stereocenters. The van der Waals surface area contributed by atoms with E-state index >= 15 is 0 Å². The molecule has 4 amide bonds. The summed E-state index contributed by atoms with van der Waals surface area (Å²) in [6, 6.07) is 23.9. The van der Waals surface area contributed by atoms with Gasteiger partial charge in [0.25, 0.3) is 0 Å². The lowest BCUT2D eigenvalue weighted by atomic mass is 9.95. The van der Waals surface area contributed by atoms with Crippen molar-refractivity contribution in [3.63, 3.8) is 0 Å². The maximum Gasteiger partial charge on any atom is 0.231 e. The predicted molar refractivity (Wildman–Crippen MR) is 229 cm³/mol. The summed E-state index contributed by atoms with van der Waals surface area (Å²) in [6.45, 7) is 4.21. The number of carbonyl (C=O) groups excluding carboxylic acids is 5. The van der Waals surface area contributed by atoms with Crippen molar-refractivity contribution < 1.29 is 24.0 Å². The SMILES string of the molecule is NC(=O)CN1CCN(CC=O)CCN(CC(N)=O)CC(Cc2ccc(NC(=S)NCCC(=O)N3Cc4ccccc4CCc4ccccc43)cc2)N(CC(N)=O)CC1. The normalized spacial score (nSPS) is 17.6. The summed E-state index contributed by atoms with van der Waals surface area (Å²) in [5.74, 6) is -1.46. The van der Waals surface area contributed by atoms with Gasteiger partial charge >= 0.3 is 0 Å². The Kier molecular flexibility index (Phi) is 16.7. The number of nitrogens with one attached hydrogen (secondary N) is 2. The van der Waals surface area contributed by atoms with Crippen LogP contribution < -0.4 is 32.7 Å². The number of primary amides is 3. The first-order valence-electron chi connectivity index (χ1n) is 19.8. The summed E-state index contributed by atoms with van der Waals surface area (Å²) in [6.07, 6.45) is 3.39. The lowest BCUT2D eigenvalue weighted by molar-refractivity contribution is -0.122. The molecule has 1 saturated heterocycles. The molecular weight excluding hydrogens is 757 g/mol. The lowest BCUT2D eigenvalue weighted by Crippen LogP contribution is -2.54. The molecule has 15 nitrogen and oxygen atoms in total. The van der Waals surface area contributed by atoms with Gasteiger partial charge in [0.05, 0.1) is 32.7 Å². The molecule has 3 aromatic carbocycles. The smallest absolute Gasteiger partial charge is 0.231 e. The number of fused-ring (bicyclic) bond motifs is 2. The fraction of sp³-hybridized carbons (Fsp3) is 0.429. The summed E-state index contributed by atoms with van der Waals surface area (Å²) in [5.41, 5.74) is 23.2. The van der Waals surface area contributed by atoms with Gasteiger partial charge in [-0.1, -0.05) is 54.6 Å². The Bertz CT molecular complexity index is 1900. The number of para-hydroxylation sites is 1. The number of rotatable bonds is 14. The Hall–Kier alpha value is -5.26. The van der Waals surface area contributed by atoms with Gasteiger partial charge in [0.15, 0.2) is 5.11 Å². The number of benzene rings is 3. The number of aldehydes is 1. The zero-order valence-electron chi connectivity index (χ0n) is 33.0. The van der Waals surface area contributed by atoms with Gasteiger partial charge in [-0.25, -0.2) is 0 Å². The minimum absolute atomic E-state index is 0.00181. The average Bonchev–Trinajstić information content (AvgIpc) is 3.17. The Morgan fingerprint density at radius 3 is 1.98 bits per heavy atom. The maximum atomic E-state index is 13.7. The predicted octanol–water partition coefficient (Wildman–Crippen LogP) is 0.483. The van der Waals surface area contributed by atoms with E-state index in [-0.39, 0.29) is 44.5 Å². The number of nitrogens with zero attached hydrogens (tertiary/aromatic N) is 5. The van der Waals surface area contributed by atoms with Crippen LogP contribution >= 0.6 is 12.2 Å². The first-order chi connectivity index (χ1) is 28.0. The van der Waals surface area contributed by atoms with Gasteiger partial charge < -0.3 is 37.5 Å². The second-order valence-electron chi connectivity index (χ2n) is 14.9. The highest BCUT2D eigenvalue weighted by molar-refractivity contribution is 7.80.